The number of hydrogen-bond donors (Lipinski definition) is 1. The highest BCUT2D eigenvalue weighted by Gasteiger charge is 2.21. The van der Waals surface area contributed by atoms with Crippen LogP contribution in [0.3, 0.4) is 0 Å². The Morgan fingerprint density at radius 1 is 0.949 bits per heavy atom. The summed E-state index contributed by atoms with van der Waals surface area (Å²) in [6.45, 7) is 0.410. The summed E-state index contributed by atoms with van der Waals surface area (Å²) >= 11 is 8.02. The number of fused-ring (bicyclic) bond motifs is 1. The topological polar surface area (TPSA) is 87.4 Å². The maximum Gasteiger partial charge on any atom is 0.278 e. The maximum absolute atomic E-state index is 13.9. The molecule has 0 saturated heterocycles. The monoisotopic (exact) mass is 576 g/mol. The lowest BCUT2D eigenvalue weighted by Crippen LogP contribution is -2.26. The molecule has 0 bridgehead atoms. The van der Waals surface area contributed by atoms with Crippen LogP contribution in [0.5, 0.6) is 11.5 Å². The molecule has 11 heteroatoms. The van der Waals surface area contributed by atoms with Crippen LogP contribution in [0.2, 0.25) is 0 Å². The van der Waals surface area contributed by atoms with Gasteiger partial charge in [0.05, 0.1) is 25.7 Å². The van der Waals surface area contributed by atoms with Crippen molar-refractivity contribution in [2.75, 3.05) is 20.0 Å². The van der Waals surface area contributed by atoms with Gasteiger partial charge in [0, 0.05) is 18.3 Å². The Kier molecular flexibility index (Phi) is 8.10. The van der Waals surface area contributed by atoms with Crippen molar-refractivity contribution < 1.29 is 14.3 Å². The van der Waals surface area contributed by atoms with Gasteiger partial charge in [0.15, 0.2) is 26.3 Å². The summed E-state index contributed by atoms with van der Waals surface area (Å²) in [5, 5.41) is 3.28. The number of carbonyl (C=O) groups excluding carboxylic acids is 1. The summed E-state index contributed by atoms with van der Waals surface area (Å²) in [4.78, 5) is 31.6. The fourth-order valence-corrected chi connectivity index (χ4v) is 6.14. The molecule has 0 spiro atoms. The van der Waals surface area contributed by atoms with Crippen molar-refractivity contribution in [1.82, 2.24) is 19.4 Å². The Balaban J connectivity index is 1.58. The second-order valence-corrected chi connectivity index (χ2v) is 10.9. The van der Waals surface area contributed by atoms with Gasteiger partial charge in [-0.05, 0) is 42.0 Å². The van der Waals surface area contributed by atoms with Gasteiger partial charge in [-0.3, -0.25) is 18.7 Å². The highest BCUT2D eigenvalue weighted by Crippen LogP contribution is 2.32. The molecule has 3 aromatic carbocycles. The Bertz CT molecular complexity index is 1750. The predicted octanol–water partition coefficient (Wildman–Crippen LogP) is 5.39. The lowest BCUT2D eigenvalue weighted by atomic mass is 10.2. The van der Waals surface area contributed by atoms with Crippen molar-refractivity contribution in [3.8, 4) is 22.9 Å². The Labute approximate surface area is 237 Å². The van der Waals surface area contributed by atoms with Crippen molar-refractivity contribution in [1.29, 1.82) is 0 Å². The molecule has 0 fully saturated rings. The SMILES string of the molecule is COc1ccc(-n2c(SCC(=O)NCc3ccccc3)nc3c(sc(=S)n3-c3ccccc3)c2=O)cc1OC. The zero-order valence-electron chi connectivity index (χ0n) is 21.1. The zero-order valence-corrected chi connectivity index (χ0v) is 23.6. The molecule has 39 heavy (non-hydrogen) atoms. The number of nitrogens with zero attached hydrogens (tertiary/aromatic N) is 3. The molecule has 0 radical (unpaired) electrons. The van der Waals surface area contributed by atoms with Crippen LogP contribution in [0.1, 0.15) is 5.56 Å². The summed E-state index contributed by atoms with van der Waals surface area (Å²) in [5.74, 6) is 0.882. The second kappa shape index (κ2) is 11.9. The van der Waals surface area contributed by atoms with Crippen molar-refractivity contribution in [2.45, 2.75) is 11.7 Å². The van der Waals surface area contributed by atoms with E-state index in [1.165, 1.54) is 34.8 Å². The average molecular weight is 577 g/mol. The average Bonchev–Trinajstić information content (AvgIpc) is 3.31. The minimum Gasteiger partial charge on any atom is -0.493 e. The van der Waals surface area contributed by atoms with E-state index in [4.69, 9.17) is 26.7 Å². The first kappa shape index (κ1) is 26.7. The van der Waals surface area contributed by atoms with Gasteiger partial charge in [-0.2, -0.15) is 0 Å². The molecule has 0 unspecified atom stereocenters. The third-order valence-electron chi connectivity index (χ3n) is 5.88. The van der Waals surface area contributed by atoms with Gasteiger partial charge in [0.25, 0.3) is 5.56 Å². The molecule has 2 aromatic heterocycles. The highest BCUT2D eigenvalue weighted by molar-refractivity contribution is 7.99. The molecule has 5 aromatic rings. The number of thiazole rings is 1. The molecule has 5 rings (SSSR count). The molecule has 198 valence electrons. The number of ether oxygens (including phenoxy) is 2. The minimum absolute atomic E-state index is 0.0638. The van der Waals surface area contributed by atoms with E-state index in [9.17, 15) is 9.59 Å². The molecule has 0 aliphatic rings. The quantitative estimate of drug-likeness (QED) is 0.143. The smallest absolute Gasteiger partial charge is 0.278 e. The number of para-hydroxylation sites is 1. The summed E-state index contributed by atoms with van der Waals surface area (Å²) in [6, 6.07) is 24.4. The summed E-state index contributed by atoms with van der Waals surface area (Å²) in [5.41, 5.74) is 2.50. The van der Waals surface area contributed by atoms with Gasteiger partial charge in [-0.15, -0.1) is 0 Å². The summed E-state index contributed by atoms with van der Waals surface area (Å²) < 4.78 is 15.0. The van der Waals surface area contributed by atoms with Crippen LogP contribution in [-0.4, -0.2) is 40.0 Å². The van der Waals surface area contributed by atoms with Crippen LogP contribution in [0, 0.1) is 3.95 Å². The van der Waals surface area contributed by atoms with Crippen molar-refractivity contribution in [3.63, 3.8) is 0 Å². The van der Waals surface area contributed by atoms with E-state index < -0.39 is 0 Å². The predicted molar refractivity (Wildman–Crippen MR) is 157 cm³/mol. The van der Waals surface area contributed by atoms with Gasteiger partial charge in [-0.1, -0.05) is 71.6 Å². The van der Waals surface area contributed by atoms with E-state index in [0.717, 1.165) is 11.3 Å². The summed E-state index contributed by atoms with van der Waals surface area (Å²) in [7, 11) is 3.08. The molecule has 0 aliphatic heterocycles. The van der Waals surface area contributed by atoms with Gasteiger partial charge in [-0.25, -0.2) is 4.98 Å². The molecule has 1 amide bonds. The number of nitrogens with one attached hydrogen (secondary N) is 1. The molecule has 2 heterocycles. The Morgan fingerprint density at radius 2 is 1.64 bits per heavy atom. The van der Waals surface area contributed by atoms with E-state index in [2.05, 4.69) is 5.32 Å². The van der Waals surface area contributed by atoms with Gasteiger partial charge < -0.3 is 14.8 Å². The molecule has 1 N–H and O–H groups in total. The van der Waals surface area contributed by atoms with Crippen LogP contribution in [0.25, 0.3) is 21.7 Å². The van der Waals surface area contributed by atoms with E-state index in [1.54, 1.807) is 29.9 Å². The Hall–Kier alpha value is -3.93. The van der Waals surface area contributed by atoms with Crippen LogP contribution in [0.15, 0.2) is 88.8 Å². The number of amides is 1. The Morgan fingerprint density at radius 3 is 2.33 bits per heavy atom. The molecular weight excluding hydrogens is 553 g/mol. The highest BCUT2D eigenvalue weighted by atomic mass is 32.2. The largest absolute Gasteiger partial charge is 0.493 e. The first-order valence-electron chi connectivity index (χ1n) is 11.9. The van der Waals surface area contributed by atoms with Gasteiger partial charge in [0.2, 0.25) is 5.91 Å². The molecular formula is C28H24N4O4S3. The number of hydrogen-bond acceptors (Lipinski definition) is 8. The van der Waals surface area contributed by atoms with E-state index in [-0.39, 0.29) is 17.2 Å². The zero-order chi connectivity index (χ0) is 27.4. The normalized spacial score (nSPS) is 10.9. The molecule has 0 aliphatic carbocycles. The van der Waals surface area contributed by atoms with Crippen molar-refractivity contribution in [2.24, 2.45) is 0 Å². The van der Waals surface area contributed by atoms with Crippen LogP contribution >= 0.6 is 35.3 Å². The number of benzene rings is 3. The van der Waals surface area contributed by atoms with Gasteiger partial charge >= 0.3 is 0 Å². The van der Waals surface area contributed by atoms with Crippen LogP contribution in [0.4, 0.5) is 0 Å². The fraction of sp³-hybridized carbons (Fsp3) is 0.143. The lowest BCUT2D eigenvalue weighted by molar-refractivity contribution is -0.118. The minimum atomic E-state index is -0.287. The van der Waals surface area contributed by atoms with Gasteiger partial charge in [0.1, 0.15) is 4.70 Å². The summed E-state index contributed by atoms with van der Waals surface area (Å²) in [6.07, 6.45) is 0. The number of aromatic nitrogens is 3. The standard InChI is InChI=1S/C28H24N4O4S3/c1-35-21-14-13-20(15-22(21)36-2)32-26(34)24-25(31(28(37)39-24)19-11-7-4-8-12-19)30-27(32)38-17-23(33)29-16-18-9-5-3-6-10-18/h3-15H,16-17H2,1-2H3,(H,29,33). The number of thioether (sulfide) groups is 1. The lowest BCUT2D eigenvalue weighted by Gasteiger charge is -2.15. The van der Waals surface area contributed by atoms with Crippen molar-refractivity contribution >= 4 is 51.6 Å². The number of rotatable bonds is 9. The van der Waals surface area contributed by atoms with Crippen LogP contribution < -0.4 is 20.3 Å². The van der Waals surface area contributed by atoms with E-state index in [1.807, 2.05) is 60.7 Å². The number of carbonyl (C=O) groups is 1. The first-order chi connectivity index (χ1) is 19.0. The van der Waals surface area contributed by atoms with Crippen LogP contribution in [-0.2, 0) is 11.3 Å². The maximum atomic E-state index is 13.9. The molecule has 8 nitrogen and oxygen atoms in total. The second-order valence-electron chi connectivity index (χ2n) is 8.32. The third kappa shape index (κ3) is 5.60. The third-order valence-corrected chi connectivity index (χ3v) is 8.17. The molecule has 0 saturated carbocycles. The molecule has 0 atom stereocenters. The van der Waals surface area contributed by atoms with E-state index >= 15 is 0 Å². The van der Waals surface area contributed by atoms with Crippen molar-refractivity contribution in [3.05, 3.63) is 98.7 Å². The first-order valence-corrected chi connectivity index (χ1v) is 14.1. The van der Waals surface area contributed by atoms with E-state index in [0.29, 0.717) is 43.2 Å². The fourth-order valence-electron chi connectivity index (χ4n) is 4.01. The number of methoxy groups -OCH3 is 2.